The van der Waals surface area contributed by atoms with Gasteiger partial charge in [-0.1, -0.05) is 0 Å². The molecule has 18 heavy (non-hydrogen) atoms. The highest BCUT2D eigenvalue weighted by Crippen LogP contribution is 2.19. The topological polar surface area (TPSA) is 81.4 Å². The number of nitrogens with zero attached hydrogens (tertiary/aromatic N) is 6. The average molecular weight is 241 g/mol. The molecule has 0 unspecified atom stereocenters. The molecule has 0 aliphatic rings. The van der Waals surface area contributed by atoms with Gasteiger partial charge in [0.05, 0.1) is 17.3 Å². The SMILES string of the molecule is CNc1ncnc2c1cnn2-c1ccc(C)nn1. The van der Waals surface area contributed by atoms with Crippen molar-refractivity contribution in [2.45, 2.75) is 6.92 Å². The summed E-state index contributed by atoms with van der Waals surface area (Å²) < 4.78 is 1.64. The zero-order valence-corrected chi connectivity index (χ0v) is 9.99. The number of aryl methyl sites for hydroxylation is 1. The molecule has 3 heterocycles. The van der Waals surface area contributed by atoms with E-state index in [1.807, 2.05) is 26.1 Å². The fourth-order valence-corrected chi connectivity index (χ4v) is 1.72. The average Bonchev–Trinajstić information content (AvgIpc) is 2.83. The van der Waals surface area contributed by atoms with Crippen molar-refractivity contribution in [3.05, 3.63) is 30.4 Å². The maximum absolute atomic E-state index is 4.28. The van der Waals surface area contributed by atoms with Gasteiger partial charge in [-0.15, -0.1) is 5.10 Å². The van der Waals surface area contributed by atoms with Gasteiger partial charge in [0.15, 0.2) is 11.5 Å². The lowest BCUT2D eigenvalue weighted by atomic mass is 10.4. The molecule has 3 rings (SSSR count). The Morgan fingerprint density at radius 3 is 2.78 bits per heavy atom. The van der Waals surface area contributed by atoms with Gasteiger partial charge in [0.1, 0.15) is 12.1 Å². The van der Waals surface area contributed by atoms with E-state index in [1.165, 1.54) is 6.33 Å². The van der Waals surface area contributed by atoms with E-state index in [9.17, 15) is 0 Å². The second-order valence-corrected chi connectivity index (χ2v) is 3.80. The Balaban J connectivity index is 2.21. The Labute approximate surface area is 103 Å². The molecule has 0 aliphatic heterocycles. The van der Waals surface area contributed by atoms with Crippen LogP contribution in [0.15, 0.2) is 24.7 Å². The molecule has 0 aromatic carbocycles. The van der Waals surface area contributed by atoms with Crippen LogP contribution in [0.2, 0.25) is 0 Å². The van der Waals surface area contributed by atoms with Crippen molar-refractivity contribution in [1.29, 1.82) is 0 Å². The summed E-state index contributed by atoms with van der Waals surface area (Å²) in [5.74, 6) is 1.38. The van der Waals surface area contributed by atoms with Gasteiger partial charge in [0.25, 0.3) is 0 Å². The van der Waals surface area contributed by atoms with E-state index in [-0.39, 0.29) is 0 Å². The summed E-state index contributed by atoms with van der Waals surface area (Å²) in [5, 5.41) is 16.2. The molecule has 3 aromatic rings. The molecular weight excluding hydrogens is 230 g/mol. The lowest BCUT2D eigenvalue weighted by Gasteiger charge is -2.02. The van der Waals surface area contributed by atoms with Crippen LogP contribution >= 0.6 is 0 Å². The largest absolute Gasteiger partial charge is 0.372 e. The molecule has 3 aromatic heterocycles. The maximum atomic E-state index is 4.28. The van der Waals surface area contributed by atoms with Crippen LogP contribution < -0.4 is 5.32 Å². The Hall–Kier alpha value is -2.57. The van der Waals surface area contributed by atoms with Crippen molar-refractivity contribution < 1.29 is 0 Å². The van der Waals surface area contributed by atoms with E-state index in [0.717, 1.165) is 16.9 Å². The third-order valence-electron chi connectivity index (χ3n) is 2.60. The molecule has 0 amide bonds. The second-order valence-electron chi connectivity index (χ2n) is 3.80. The Morgan fingerprint density at radius 2 is 2.06 bits per heavy atom. The lowest BCUT2D eigenvalue weighted by Crippen LogP contribution is -2.03. The van der Waals surface area contributed by atoms with E-state index in [2.05, 4.69) is 30.6 Å². The van der Waals surface area contributed by atoms with Gasteiger partial charge in [-0.05, 0) is 19.1 Å². The van der Waals surface area contributed by atoms with Crippen LogP contribution in [0.3, 0.4) is 0 Å². The third kappa shape index (κ3) is 1.56. The van der Waals surface area contributed by atoms with E-state index in [1.54, 1.807) is 10.9 Å². The summed E-state index contributed by atoms with van der Waals surface area (Å²) in [4.78, 5) is 8.37. The van der Waals surface area contributed by atoms with Crippen LogP contribution in [0.4, 0.5) is 5.82 Å². The first-order valence-corrected chi connectivity index (χ1v) is 5.47. The minimum atomic E-state index is 0.636. The smallest absolute Gasteiger partial charge is 0.178 e. The molecule has 0 atom stereocenters. The first kappa shape index (κ1) is 10.6. The van der Waals surface area contributed by atoms with Crippen LogP contribution in [0, 0.1) is 6.92 Å². The zero-order valence-electron chi connectivity index (χ0n) is 9.99. The normalized spacial score (nSPS) is 10.8. The molecule has 0 fully saturated rings. The van der Waals surface area contributed by atoms with E-state index >= 15 is 0 Å². The third-order valence-corrected chi connectivity index (χ3v) is 2.60. The van der Waals surface area contributed by atoms with Crippen LogP contribution in [-0.4, -0.2) is 37.0 Å². The Bertz CT molecular complexity index is 686. The molecule has 0 saturated carbocycles. The zero-order chi connectivity index (χ0) is 12.5. The number of anilines is 1. The summed E-state index contributed by atoms with van der Waals surface area (Å²) in [6, 6.07) is 3.74. The molecule has 0 spiro atoms. The lowest BCUT2D eigenvalue weighted by molar-refractivity contribution is 0.818. The van der Waals surface area contributed by atoms with Gasteiger partial charge >= 0.3 is 0 Å². The molecule has 0 radical (unpaired) electrons. The van der Waals surface area contributed by atoms with Crippen molar-refractivity contribution in [1.82, 2.24) is 29.9 Å². The van der Waals surface area contributed by atoms with Crippen LogP contribution in [0.25, 0.3) is 16.9 Å². The van der Waals surface area contributed by atoms with Crippen LogP contribution in [-0.2, 0) is 0 Å². The van der Waals surface area contributed by atoms with Crippen LogP contribution in [0.5, 0.6) is 0 Å². The fraction of sp³-hybridized carbons (Fsp3) is 0.182. The summed E-state index contributed by atoms with van der Waals surface area (Å²) >= 11 is 0. The van der Waals surface area contributed by atoms with Gasteiger partial charge in [0, 0.05) is 7.05 Å². The molecule has 90 valence electrons. The minimum Gasteiger partial charge on any atom is -0.372 e. The predicted molar refractivity (Wildman–Crippen MR) is 66.5 cm³/mol. The molecule has 7 nitrogen and oxygen atoms in total. The standard InChI is InChI=1S/C11H11N7/c1-7-3-4-9(17-16-7)18-11-8(5-15-18)10(12-2)13-6-14-11/h3-6H,1-2H3,(H,12,13,14). The maximum Gasteiger partial charge on any atom is 0.178 e. The van der Waals surface area contributed by atoms with Gasteiger partial charge < -0.3 is 5.32 Å². The van der Waals surface area contributed by atoms with Gasteiger partial charge in [-0.2, -0.15) is 14.9 Å². The van der Waals surface area contributed by atoms with Crippen molar-refractivity contribution >= 4 is 16.9 Å². The quantitative estimate of drug-likeness (QED) is 0.719. The van der Waals surface area contributed by atoms with E-state index in [4.69, 9.17) is 0 Å². The fourth-order valence-electron chi connectivity index (χ4n) is 1.72. The van der Waals surface area contributed by atoms with Crippen molar-refractivity contribution in [3.63, 3.8) is 0 Å². The molecule has 0 bridgehead atoms. The van der Waals surface area contributed by atoms with Crippen molar-refractivity contribution in [2.24, 2.45) is 0 Å². The first-order valence-electron chi connectivity index (χ1n) is 5.47. The Kier molecular flexibility index (Phi) is 2.36. The van der Waals surface area contributed by atoms with Gasteiger partial charge in [-0.3, -0.25) is 0 Å². The number of rotatable bonds is 2. The van der Waals surface area contributed by atoms with Crippen molar-refractivity contribution in [3.8, 4) is 5.82 Å². The highest BCUT2D eigenvalue weighted by molar-refractivity contribution is 5.86. The number of hydrogen-bond acceptors (Lipinski definition) is 6. The number of aromatic nitrogens is 6. The summed E-state index contributed by atoms with van der Waals surface area (Å²) in [7, 11) is 1.81. The highest BCUT2D eigenvalue weighted by atomic mass is 15.4. The first-order chi connectivity index (χ1) is 8.79. The summed E-state index contributed by atoms with van der Waals surface area (Å²) in [6.45, 7) is 1.89. The number of hydrogen-bond donors (Lipinski definition) is 1. The van der Waals surface area contributed by atoms with Crippen molar-refractivity contribution in [2.75, 3.05) is 12.4 Å². The minimum absolute atomic E-state index is 0.636. The molecule has 0 saturated heterocycles. The van der Waals surface area contributed by atoms with Crippen LogP contribution in [0.1, 0.15) is 5.69 Å². The summed E-state index contributed by atoms with van der Waals surface area (Å²) in [6.07, 6.45) is 3.21. The second kappa shape index (κ2) is 4.02. The van der Waals surface area contributed by atoms with Gasteiger partial charge in [-0.25, -0.2) is 9.97 Å². The van der Waals surface area contributed by atoms with E-state index < -0.39 is 0 Å². The molecular formula is C11H11N7. The number of nitrogens with one attached hydrogen (secondary N) is 1. The number of fused-ring (bicyclic) bond motifs is 1. The monoisotopic (exact) mass is 241 g/mol. The highest BCUT2D eigenvalue weighted by Gasteiger charge is 2.10. The van der Waals surface area contributed by atoms with E-state index in [0.29, 0.717) is 11.5 Å². The predicted octanol–water partition coefficient (Wildman–Crippen LogP) is 0.956. The Morgan fingerprint density at radius 1 is 1.17 bits per heavy atom. The summed E-state index contributed by atoms with van der Waals surface area (Å²) in [5.41, 5.74) is 1.56. The van der Waals surface area contributed by atoms with Gasteiger partial charge in [0.2, 0.25) is 0 Å². The molecule has 7 heteroatoms. The molecule has 0 aliphatic carbocycles. The molecule has 1 N–H and O–H groups in total.